The van der Waals surface area contributed by atoms with E-state index in [2.05, 4.69) is 11.8 Å². The number of fused-ring (bicyclic) bond motifs is 1. The average Bonchev–Trinajstić information content (AvgIpc) is 2.75. The van der Waals surface area contributed by atoms with Crippen molar-refractivity contribution in [2.24, 2.45) is 7.05 Å². The molecule has 0 bridgehead atoms. The summed E-state index contributed by atoms with van der Waals surface area (Å²) in [5, 5.41) is 1.12. The molecule has 4 rings (SSSR count). The quantitative estimate of drug-likeness (QED) is 0.646. The van der Waals surface area contributed by atoms with E-state index < -0.39 is 0 Å². The molecule has 1 fully saturated rings. The van der Waals surface area contributed by atoms with E-state index in [0.717, 1.165) is 24.2 Å². The molecule has 6 nitrogen and oxygen atoms in total. The molecule has 0 N–H and O–H groups in total. The number of aryl methyl sites for hydroxylation is 1. The molecule has 1 atom stereocenters. The Labute approximate surface area is 180 Å². The first-order valence-corrected chi connectivity index (χ1v) is 10.5. The summed E-state index contributed by atoms with van der Waals surface area (Å²) in [7, 11) is 1.76. The van der Waals surface area contributed by atoms with Crippen molar-refractivity contribution in [1.82, 2.24) is 19.4 Å². The third-order valence-electron chi connectivity index (χ3n) is 5.97. The van der Waals surface area contributed by atoms with Crippen LogP contribution < -0.4 is 5.56 Å². The molecule has 1 amide bonds. The summed E-state index contributed by atoms with van der Waals surface area (Å²) in [4.78, 5) is 34.6. The summed E-state index contributed by atoms with van der Waals surface area (Å²) in [5.74, 6) is 0.778. The Morgan fingerprint density at radius 1 is 1.10 bits per heavy atom. The lowest BCUT2D eigenvalue weighted by atomic mass is 10.1. The van der Waals surface area contributed by atoms with Gasteiger partial charge in [-0.1, -0.05) is 29.8 Å². The number of amides is 1. The van der Waals surface area contributed by atoms with Crippen molar-refractivity contribution in [3.63, 3.8) is 0 Å². The zero-order chi connectivity index (χ0) is 21.4. The molecule has 1 aliphatic heterocycles. The molecule has 1 aliphatic rings. The lowest BCUT2D eigenvalue weighted by Crippen LogP contribution is -2.50. The van der Waals surface area contributed by atoms with Crippen molar-refractivity contribution in [3.8, 4) is 0 Å². The van der Waals surface area contributed by atoms with Crippen LogP contribution in [-0.4, -0.2) is 51.4 Å². The van der Waals surface area contributed by atoms with E-state index in [1.54, 1.807) is 29.8 Å². The van der Waals surface area contributed by atoms with Gasteiger partial charge in [0.2, 0.25) is 0 Å². The predicted molar refractivity (Wildman–Crippen MR) is 119 cm³/mol. The molecule has 0 spiro atoms. The normalized spacial score (nSPS) is 16.1. The zero-order valence-corrected chi connectivity index (χ0v) is 18.2. The Kier molecular flexibility index (Phi) is 5.62. The number of carbonyl (C=O) groups is 1. The van der Waals surface area contributed by atoms with Crippen LogP contribution in [-0.2, 0) is 7.05 Å². The van der Waals surface area contributed by atoms with Crippen molar-refractivity contribution in [2.45, 2.75) is 19.9 Å². The van der Waals surface area contributed by atoms with Crippen LogP contribution in [0.2, 0.25) is 5.02 Å². The van der Waals surface area contributed by atoms with E-state index in [4.69, 9.17) is 16.6 Å². The van der Waals surface area contributed by atoms with Crippen LogP contribution in [0, 0.1) is 6.92 Å². The van der Waals surface area contributed by atoms with Crippen molar-refractivity contribution < 1.29 is 4.79 Å². The standard InChI is InChI=1S/C23H25ClN4O2/c1-15-6-4-5-7-18(15)23(30)28-12-10-27(11-13-28)16(2)21-25-20-14-17(24)8-9-19(20)22(29)26(21)3/h4-9,14,16H,10-13H2,1-3H3. The van der Waals surface area contributed by atoms with Gasteiger partial charge >= 0.3 is 0 Å². The molecule has 1 aromatic heterocycles. The maximum Gasteiger partial charge on any atom is 0.261 e. The molecule has 1 unspecified atom stereocenters. The first kappa shape index (κ1) is 20.6. The Morgan fingerprint density at radius 3 is 2.50 bits per heavy atom. The molecule has 2 aromatic carbocycles. The summed E-state index contributed by atoms with van der Waals surface area (Å²) in [6, 6.07) is 12.8. The van der Waals surface area contributed by atoms with Crippen molar-refractivity contribution in [3.05, 3.63) is 74.8 Å². The first-order chi connectivity index (χ1) is 14.4. The Balaban J connectivity index is 1.53. The fraction of sp³-hybridized carbons (Fsp3) is 0.348. The monoisotopic (exact) mass is 424 g/mol. The third-order valence-corrected chi connectivity index (χ3v) is 6.21. The third kappa shape index (κ3) is 3.73. The minimum Gasteiger partial charge on any atom is -0.336 e. The van der Waals surface area contributed by atoms with Gasteiger partial charge in [0.25, 0.3) is 11.5 Å². The number of hydrogen-bond acceptors (Lipinski definition) is 4. The number of nitrogens with zero attached hydrogens (tertiary/aromatic N) is 4. The van der Waals surface area contributed by atoms with Crippen molar-refractivity contribution >= 4 is 28.4 Å². The van der Waals surface area contributed by atoms with Gasteiger partial charge in [0.15, 0.2) is 0 Å². The molecule has 0 radical (unpaired) electrons. The SMILES string of the molecule is Cc1ccccc1C(=O)N1CCN(C(C)c2nc3cc(Cl)ccc3c(=O)n2C)CC1. The summed E-state index contributed by atoms with van der Waals surface area (Å²) in [5.41, 5.74) is 2.29. The van der Waals surface area contributed by atoms with E-state index in [9.17, 15) is 9.59 Å². The number of halogens is 1. The van der Waals surface area contributed by atoms with Gasteiger partial charge in [0, 0.05) is 43.8 Å². The highest BCUT2D eigenvalue weighted by molar-refractivity contribution is 6.31. The van der Waals surface area contributed by atoms with E-state index in [0.29, 0.717) is 34.8 Å². The highest BCUT2D eigenvalue weighted by atomic mass is 35.5. The summed E-state index contributed by atoms with van der Waals surface area (Å²) in [6.45, 7) is 6.75. The van der Waals surface area contributed by atoms with Crippen LogP contribution in [0.3, 0.4) is 0 Å². The molecule has 156 valence electrons. The lowest BCUT2D eigenvalue weighted by molar-refractivity contribution is 0.0571. The molecule has 30 heavy (non-hydrogen) atoms. The number of hydrogen-bond donors (Lipinski definition) is 0. The minimum absolute atomic E-state index is 0.0539. The largest absolute Gasteiger partial charge is 0.336 e. The smallest absolute Gasteiger partial charge is 0.261 e. The number of rotatable bonds is 3. The number of carbonyl (C=O) groups excluding carboxylic acids is 1. The minimum atomic E-state index is -0.0770. The van der Waals surface area contributed by atoms with E-state index in [1.807, 2.05) is 36.1 Å². The van der Waals surface area contributed by atoms with Crippen LogP contribution in [0.1, 0.15) is 34.7 Å². The van der Waals surface area contributed by atoms with Crippen LogP contribution in [0.15, 0.2) is 47.3 Å². The van der Waals surface area contributed by atoms with Crippen LogP contribution in [0.25, 0.3) is 10.9 Å². The van der Waals surface area contributed by atoms with Gasteiger partial charge < -0.3 is 4.90 Å². The van der Waals surface area contributed by atoms with E-state index in [-0.39, 0.29) is 17.5 Å². The molecular weight excluding hydrogens is 400 g/mol. The highest BCUT2D eigenvalue weighted by Gasteiger charge is 2.28. The van der Waals surface area contributed by atoms with Gasteiger partial charge in [-0.2, -0.15) is 0 Å². The van der Waals surface area contributed by atoms with Crippen LogP contribution in [0.4, 0.5) is 0 Å². The molecule has 3 aromatic rings. The second-order valence-corrected chi connectivity index (χ2v) is 8.25. The molecule has 7 heteroatoms. The number of benzene rings is 2. The highest BCUT2D eigenvalue weighted by Crippen LogP contribution is 2.23. The second kappa shape index (κ2) is 8.20. The van der Waals surface area contributed by atoms with Gasteiger partial charge in [-0.25, -0.2) is 4.98 Å². The van der Waals surface area contributed by atoms with E-state index >= 15 is 0 Å². The van der Waals surface area contributed by atoms with Crippen molar-refractivity contribution in [2.75, 3.05) is 26.2 Å². The average molecular weight is 425 g/mol. The molecule has 0 aliphatic carbocycles. The topological polar surface area (TPSA) is 58.4 Å². The molecule has 2 heterocycles. The lowest BCUT2D eigenvalue weighted by Gasteiger charge is -2.38. The maximum absolute atomic E-state index is 12.9. The van der Waals surface area contributed by atoms with Gasteiger partial charge in [-0.15, -0.1) is 0 Å². The van der Waals surface area contributed by atoms with E-state index in [1.165, 1.54) is 0 Å². The van der Waals surface area contributed by atoms with Gasteiger partial charge in [0.05, 0.1) is 16.9 Å². The maximum atomic E-state index is 12.9. The summed E-state index contributed by atoms with van der Waals surface area (Å²) < 4.78 is 1.62. The van der Waals surface area contributed by atoms with Crippen LogP contribution >= 0.6 is 11.6 Å². The summed E-state index contributed by atoms with van der Waals surface area (Å²) in [6.07, 6.45) is 0. The van der Waals surface area contributed by atoms with Gasteiger partial charge in [-0.05, 0) is 43.7 Å². The Bertz CT molecular complexity index is 1170. The van der Waals surface area contributed by atoms with Gasteiger partial charge in [-0.3, -0.25) is 19.1 Å². The fourth-order valence-electron chi connectivity index (χ4n) is 4.09. The number of aromatic nitrogens is 2. The number of piperazine rings is 1. The Morgan fingerprint density at radius 2 is 1.80 bits per heavy atom. The van der Waals surface area contributed by atoms with Crippen LogP contribution in [0.5, 0.6) is 0 Å². The first-order valence-electron chi connectivity index (χ1n) is 10.1. The summed E-state index contributed by atoms with van der Waals surface area (Å²) >= 11 is 6.10. The molecular formula is C23H25ClN4O2. The Hall–Kier alpha value is -2.70. The molecule has 0 saturated carbocycles. The van der Waals surface area contributed by atoms with Gasteiger partial charge in [0.1, 0.15) is 5.82 Å². The fourth-order valence-corrected chi connectivity index (χ4v) is 4.26. The van der Waals surface area contributed by atoms with Crippen molar-refractivity contribution in [1.29, 1.82) is 0 Å². The molecule has 1 saturated heterocycles. The predicted octanol–water partition coefficient (Wildman–Crippen LogP) is 3.41. The zero-order valence-electron chi connectivity index (χ0n) is 17.4. The second-order valence-electron chi connectivity index (χ2n) is 7.81.